The summed E-state index contributed by atoms with van der Waals surface area (Å²) in [6.45, 7) is 8.01. The van der Waals surface area contributed by atoms with Crippen LogP contribution >= 0.6 is 0 Å². The molecule has 0 aliphatic carbocycles. The quantitative estimate of drug-likeness (QED) is 0.750. The van der Waals surface area contributed by atoms with Gasteiger partial charge in [-0.2, -0.15) is 18.3 Å². The van der Waals surface area contributed by atoms with E-state index in [2.05, 4.69) is 29.0 Å². The third kappa shape index (κ3) is 6.48. The summed E-state index contributed by atoms with van der Waals surface area (Å²) in [6, 6.07) is 0.427. The SMILES string of the molecule is Cc1nn(CCOCC(F)(F)F)c(C)c1CCNC(C)C. The third-order valence-corrected chi connectivity index (χ3v) is 3.17. The number of nitrogens with one attached hydrogen (secondary N) is 1. The van der Waals surface area contributed by atoms with Crippen LogP contribution in [-0.2, 0) is 17.7 Å². The Balaban J connectivity index is 2.49. The number of rotatable bonds is 8. The van der Waals surface area contributed by atoms with E-state index >= 15 is 0 Å². The molecule has 1 aromatic heterocycles. The molecule has 122 valence electrons. The molecule has 1 heterocycles. The van der Waals surface area contributed by atoms with Crippen LogP contribution in [0.25, 0.3) is 0 Å². The molecule has 1 N–H and O–H groups in total. The number of hydrogen-bond donors (Lipinski definition) is 1. The Morgan fingerprint density at radius 1 is 1.29 bits per heavy atom. The van der Waals surface area contributed by atoms with Crippen LogP contribution in [0.1, 0.15) is 30.8 Å². The standard InChI is InChI=1S/C14H24F3N3O/c1-10(2)18-6-5-13-11(3)19-20(12(13)4)7-8-21-9-14(15,16)17/h10,18H,5-9H2,1-4H3. The zero-order valence-corrected chi connectivity index (χ0v) is 13.0. The maximum atomic E-state index is 12.0. The number of aromatic nitrogens is 2. The molecule has 0 saturated heterocycles. The molecular formula is C14H24F3N3O. The Morgan fingerprint density at radius 3 is 2.52 bits per heavy atom. The highest BCUT2D eigenvalue weighted by Gasteiger charge is 2.27. The highest BCUT2D eigenvalue weighted by Crippen LogP contribution is 2.15. The summed E-state index contributed by atoms with van der Waals surface area (Å²) in [7, 11) is 0. The minimum Gasteiger partial charge on any atom is -0.370 e. The Bertz CT molecular complexity index is 441. The molecule has 4 nitrogen and oxygen atoms in total. The van der Waals surface area contributed by atoms with Gasteiger partial charge in [-0.15, -0.1) is 0 Å². The summed E-state index contributed by atoms with van der Waals surface area (Å²) in [5.41, 5.74) is 3.07. The molecule has 1 aromatic rings. The fourth-order valence-electron chi connectivity index (χ4n) is 2.14. The molecule has 0 bridgehead atoms. The second-order valence-corrected chi connectivity index (χ2v) is 5.40. The van der Waals surface area contributed by atoms with Gasteiger partial charge in [-0.3, -0.25) is 4.68 Å². The maximum absolute atomic E-state index is 12.0. The number of alkyl halides is 3. The van der Waals surface area contributed by atoms with Crippen LogP contribution in [0.3, 0.4) is 0 Å². The first-order chi connectivity index (χ1) is 9.70. The average Bonchev–Trinajstić information content (AvgIpc) is 2.60. The van der Waals surface area contributed by atoms with Gasteiger partial charge in [0, 0.05) is 11.7 Å². The minimum absolute atomic E-state index is 0.00511. The molecule has 0 spiro atoms. The van der Waals surface area contributed by atoms with E-state index in [1.54, 1.807) is 4.68 Å². The second kappa shape index (κ2) is 7.79. The molecule has 0 aliphatic heterocycles. The molecule has 0 amide bonds. The molecule has 0 unspecified atom stereocenters. The zero-order valence-electron chi connectivity index (χ0n) is 13.0. The molecule has 21 heavy (non-hydrogen) atoms. The van der Waals surface area contributed by atoms with Crippen molar-refractivity contribution < 1.29 is 17.9 Å². The summed E-state index contributed by atoms with van der Waals surface area (Å²) in [6.07, 6.45) is -3.41. The van der Waals surface area contributed by atoms with Crippen molar-refractivity contribution in [2.45, 2.75) is 52.9 Å². The van der Waals surface area contributed by atoms with Crippen LogP contribution in [0.5, 0.6) is 0 Å². The smallest absolute Gasteiger partial charge is 0.370 e. The van der Waals surface area contributed by atoms with Gasteiger partial charge in [0.15, 0.2) is 0 Å². The fourth-order valence-corrected chi connectivity index (χ4v) is 2.14. The van der Waals surface area contributed by atoms with E-state index in [0.29, 0.717) is 12.6 Å². The molecule has 0 aliphatic rings. The lowest BCUT2D eigenvalue weighted by Crippen LogP contribution is -2.25. The van der Waals surface area contributed by atoms with E-state index < -0.39 is 12.8 Å². The van der Waals surface area contributed by atoms with E-state index in [1.807, 2.05) is 13.8 Å². The number of nitrogens with zero attached hydrogens (tertiary/aromatic N) is 2. The van der Waals surface area contributed by atoms with Crippen LogP contribution in [0.2, 0.25) is 0 Å². The Kier molecular flexibility index (Phi) is 6.67. The monoisotopic (exact) mass is 307 g/mol. The summed E-state index contributed by atoms with van der Waals surface area (Å²) >= 11 is 0. The summed E-state index contributed by atoms with van der Waals surface area (Å²) in [4.78, 5) is 0. The Hall–Kier alpha value is -1.08. The largest absolute Gasteiger partial charge is 0.411 e. The van der Waals surface area contributed by atoms with Gasteiger partial charge in [0.25, 0.3) is 0 Å². The van der Waals surface area contributed by atoms with Crippen molar-refractivity contribution in [1.29, 1.82) is 0 Å². The highest BCUT2D eigenvalue weighted by molar-refractivity contribution is 5.24. The first kappa shape index (κ1) is 18.0. The predicted molar refractivity (Wildman–Crippen MR) is 75.4 cm³/mol. The predicted octanol–water partition coefficient (Wildman–Crippen LogP) is 2.62. The van der Waals surface area contributed by atoms with Crippen LogP contribution in [0.15, 0.2) is 0 Å². The van der Waals surface area contributed by atoms with Crippen LogP contribution < -0.4 is 5.32 Å². The summed E-state index contributed by atoms with van der Waals surface area (Å²) in [5, 5.41) is 7.71. The van der Waals surface area contributed by atoms with Gasteiger partial charge < -0.3 is 10.1 Å². The van der Waals surface area contributed by atoms with Crippen molar-refractivity contribution in [2.24, 2.45) is 0 Å². The number of ether oxygens (including phenoxy) is 1. The van der Waals surface area contributed by atoms with E-state index in [0.717, 1.165) is 29.9 Å². The Labute approximate surface area is 123 Å². The molecule has 0 atom stereocenters. The van der Waals surface area contributed by atoms with Crippen molar-refractivity contribution in [3.63, 3.8) is 0 Å². The van der Waals surface area contributed by atoms with Crippen LogP contribution in [0.4, 0.5) is 13.2 Å². The van der Waals surface area contributed by atoms with E-state index in [9.17, 15) is 13.2 Å². The number of hydrogen-bond acceptors (Lipinski definition) is 3. The number of aryl methyl sites for hydroxylation is 1. The zero-order chi connectivity index (χ0) is 16.0. The first-order valence-corrected chi connectivity index (χ1v) is 7.11. The van der Waals surface area contributed by atoms with Gasteiger partial charge >= 0.3 is 6.18 Å². The van der Waals surface area contributed by atoms with Crippen molar-refractivity contribution in [2.75, 3.05) is 19.8 Å². The van der Waals surface area contributed by atoms with Gasteiger partial charge in [-0.05, 0) is 32.4 Å². The van der Waals surface area contributed by atoms with Crippen molar-refractivity contribution in [1.82, 2.24) is 15.1 Å². The lowest BCUT2D eigenvalue weighted by Gasteiger charge is -2.10. The van der Waals surface area contributed by atoms with Crippen molar-refractivity contribution >= 4 is 0 Å². The fraction of sp³-hybridized carbons (Fsp3) is 0.786. The van der Waals surface area contributed by atoms with E-state index in [4.69, 9.17) is 0 Å². The molecule has 1 rings (SSSR count). The second-order valence-electron chi connectivity index (χ2n) is 5.40. The molecule has 7 heteroatoms. The average molecular weight is 307 g/mol. The lowest BCUT2D eigenvalue weighted by molar-refractivity contribution is -0.174. The van der Waals surface area contributed by atoms with Gasteiger partial charge in [-0.1, -0.05) is 13.8 Å². The van der Waals surface area contributed by atoms with Gasteiger partial charge in [0.1, 0.15) is 6.61 Å². The summed E-state index contributed by atoms with van der Waals surface area (Å²) in [5.74, 6) is 0. The molecule has 0 radical (unpaired) electrons. The van der Waals surface area contributed by atoms with E-state index in [-0.39, 0.29) is 6.61 Å². The van der Waals surface area contributed by atoms with Gasteiger partial charge in [0.2, 0.25) is 0 Å². The molecule has 0 fully saturated rings. The minimum atomic E-state index is -4.28. The van der Waals surface area contributed by atoms with Crippen molar-refractivity contribution in [3.8, 4) is 0 Å². The molecule has 0 aromatic carbocycles. The van der Waals surface area contributed by atoms with Crippen LogP contribution in [-0.4, -0.2) is 41.8 Å². The first-order valence-electron chi connectivity index (χ1n) is 7.11. The van der Waals surface area contributed by atoms with Crippen LogP contribution in [0, 0.1) is 13.8 Å². The van der Waals surface area contributed by atoms with Gasteiger partial charge in [-0.25, -0.2) is 0 Å². The van der Waals surface area contributed by atoms with Crippen molar-refractivity contribution in [3.05, 3.63) is 17.0 Å². The van der Waals surface area contributed by atoms with Gasteiger partial charge in [0.05, 0.1) is 18.8 Å². The summed E-state index contributed by atoms with van der Waals surface area (Å²) < 4.78 is 42.3. The topological polar surface area (TPSA) is 39.1 Å². The molecule has 0 saturated carbocycles. The number of halogens is 3. The highest BCUT2D eigenvalue weighted by atomic mass is 19.4. The van der Waals surface area contributed by atoms with E-state index in [1.165, 1.54) is 0 Å². The third-order valence-electron chi connectivity index (χ3n) is 3.17. The molecular weight excluding hydrogens is 283 g/mol. The Morgan fingerprint density at radius 2 is 1.95 bits per heavy atom. The lowest BCUT2D eigenvalue weighted by atomic mass is 10.1. The normalized spacial score (nSPS) is 12.4. The maximum Gasteiger partial charge on any atom is 0.411 e.